The van der Waals surface area contributed by atoms with Crippen LogP contribution in [0.5, 0.6) is 0 Å². The number of hydrogen-bond donors (Lipinski definition) is 4. The summed E-state index contributed by atoms with van der Waals surface area (Å²) in [4.78, 5) is 20.0. The highest BCUT2D eigenvalue weighted by Gasteiger charge is 2.23. The van der Waals surface area contributed by atoms with Crippen LogP contribution >= 0.6 is 0 Å². The second kappa shape index (κ2) is 4.68. The van der Waals surface area contributed by atoms with Gasteiger partial charge < -0.3 is 20.4 Å². The number of rotatable bonds is 5. The third-order valence-corrected chi connectivity index (χ3v) is 1.27. The highest BCUT2D eigenvalue weighted by molar-refractivity contribution is 5.73. The molecule has 0 aliphatic rings. The summed E-state index contributed by atoms with van der Waals surface area (Å²) in [5.41, 5.74) is 0. The first-order valence-electron chi connectivity index (χ1n) is 3.26. The van der Waals surface area contributed by atoms with E-state index in [9.17, 15) is 9.59 Å². The van der Waals surface area contributed by atoms with Crippen molar-refractivity contribution in [2.45, 2.75) is 25.0 Å². The fourth-order valence-corrected chi connectivity index (χ4v) is 0.594. The molecule has 0 aromatic heterocycles. The summed E-state index contributed by atoms with van der Waals surface area (Å²) in [5, 5.41) is 33.8. The van der Waals surface area contributed by atoms with Crippen molar-refractivity contribution in [3.05, 3.63) is 0 Å². The lowest BCUT2D eigenvalue weighted by Gasteiger charge is -2.11. The topological polar surface area (TPSA) is 115 Å². The molecule has 2 atom stereocenters. The minimum absolute atomic E-state index is 0.275. The van der Waals surface area contributed by atoms with Crippen molar-refractivity contribution in [1.82, 2.24) is 0 Å². The molecule has 0 spiro atoms. The van der Waals surface area contributed by atoms with Crippen LogP contribution in [0.4, 0.5) is 0 Å². The molecule has 6 nitrogen and oxygen atoms in total. The lowest BCUT2D eigenvalue weighted by atomic mass is 10.1. The molecular formula is C6H10O6. The van der Waals surface area contributed by atoms with Gasteiger partial charge in [0.05, 0.1) is 6.10 Å². The summed E-state index contributed by atoms with van der Waals surface area (Å²) in [5.74, 6) is -2.71. The molecule has 0 saturated heterocycles. The van der Waals surface area contributed by atoms with Gasteiger partial charge in [-0.15, -0.1) is 0 Å². The highest BCUT2D eigenvalue weighted by atomic mass is 16.4. The Kier molecular flexibility index (Phi) is 4.24. The first-order valence-corrected chi connectivity index (χ1v) is 3.26. The van der Waals surface area contributed by atoms with Gasteiger partial charge in [0.25, 0.3) is 0 Å². The van der Waals surface area contributed by atoms with E-state index < -0.39 is 24.1 Å². The van der Waals surface area contributed by atoms with Crippen molar-refractivity contribution in [2.24, 2.45) is 0 Å². The van der Waals surface area contributed by atoms with Crippen molar-refractivity contribution in [3.8, 4) is 0 Å². The molecule has 6 heteroatoms. The van der Waals surface area contributed by atoms with E-state index in [1.807, 2.05) is 0 Å². The largest absolute Gasteiger partial charge is 0.481 e. The van der Waals surface area contributed by atoms with Crippen LogP contribution in [0.25, 0.3) is 0 Å². The van der Waals surface area contributed by atoms with Crippen LogP contribution in [0.3, 0.4) is 0 Å². The molecule has 70 valence electrons. The molecule has 0 saturated carbocycles. The van der Waals surface area contributed by atoms with Gasteiger partial charge in [-0.25, -0.2) is 4.79 Å². The Morgan fingerprint density at radius 3 is 2.00 bits per heavy atom. The van der Waals surface area contributed by atoms with Crippen LogP contribution in [0, 0.1) is 0 Å². The second-order valence-corrected chi connectivity index (χ2v) is 2.28. The van der Waals surface area contributed by atoms with E-state index in [1.165, 1.54) is 0 Å². The number of aliphatic hydroxyl groups is 2. The van der Waals surface area contributed by atoms with E-state index in [0.717, 1.165) is 0 Å². The van der Waals surface area contributed by atoms with Crippen molar-refractivity contribution in [2.75, 3.05) is 0 Å². The monoisotopic (exact) mass is 178 g/mol. The SMILES string of the molecule is O=C(O)CCC(O)C(O)C(=O)O. The number of carbonyl (C=O) groups is 2. The highest BCUT2D eigenvalue weighted by Crippen LogP contribution is 2.02. The normalized spacial score (nSPS) is 15.2. The van der Waals surface area contributed by atoms with Gasteiger partial charge in [-0.1, -0.05) is 0 Å². The fourth-order valence-electron chi connectivity index (χ4n) is 0.594. The zero-order valence-corrected chi connectivity index (χ0v) is 6.17. The minimum atomic E-state index is -1.91. The van der Waals surface area contributed by atoms with Crippen LogP contribution in [0.1, 0.15) is 12.8 Å². The molecule has 0 fully saturated rings. The average Bonchev–Trinajstić information content (AvgIpc) is 1.98. The summed E-state index contributed by atoms with van der Waals surface area (Å²) < 4.78 is 0. The van der Waals surface area contributed by atoms with Crippen LogP contribution in [-0.2, 0) is 9.59 Å². The maximum Gasteiger partial charge on any atom is 0.335 e. The van der Waals surface area contributed by atoms with Gasteiger partial charge in [0.15, 0.2) is 6.10 Å². The number of aliphatic hydroxyl groups excluding tert-OH is 2. The second-order valence-electron chi connectivity index (χ2n) is 2.28. The molecule has 0 aliphatic carbocycles. The van der Waals surface area contributed by atoms with Gasteiger partial charge in [-0.2, -0.15) is 0 Å². The van der Waals surface area contributed by atoms with Crippen molar-refractivity contribution >= 4 is 11.9 Å². The molecule has 2 unspecified atom stereocenters. The van der Waals surface area contributed by atoms with E-state index in [2.05, 4.69) is 0 Å². The van der Waals surface area contributed by atoms with Crippen molar-refractivity contribution in [3.63, 3.8) is 0 Å². The predicted octanol–water partition coefficient (Wildman–Crippen LogP) is -1.34. The molecular weight excluding hydrogens is 168 g/mol. The molecule has 0 heterocycles. The van der Waals surface area contributed by atoms with Crippen LogP contribution in [0.2, 0.25) is 0 Å². The van der Waals surface area contributed by atoms with Crippen LogP contribution < -0.4 is 0 Å². The Hall–Kier alpha value is -1.14. The number of carboxylic acid groups (broad SMARTS) is 2. The number of carboxylic acids is 2. The summed E-state index contributed by atoms with van der Waals surface area (Å²) in [7, 11) is 0. The van der Waals surface area contributed by atoms with Gasteiger partial charge in [0, 0.05) is 6.42 Å². The lowest BCUT2D eigenvalue weighted by Crippen LogP contribution is -2.33. The van der Waals surface area contributed by atoms with E-state index in [4.69, 9.17) is 20.4 Å². The molecule has 0 rings (SSSR count). The van der Waals surface area contributed by atoms with Gasteiger partial charge in [0.1, 0.15) is 0 Å². The van der Waals surface area contributed by atoms with Crippen LogP contribution in [-0.4, -0.2) is 44.6 Å². The van der Waals surface area contributed by atoms with E-state index in [1.54, 1.807) is 0 Å². The van der Waals surface area contributed by atoms with Crippen molar-refractivity contribution < 1.29 is 30.0 Å². The standard InChI is InChI=1S/C6H10O6/c7-3(1-2-4(8)9)5(10)6(11)12/h3,5,7,10H,1-2H2,(H,8,9)(H,11,12). The predicted molar refractivity (Wildman–Crippen MR) is 36.5 cm³/mol. The Labute approximate surface area is 68.1 Å². The molecule has 0 amide bonds. The first kappa shape index (κ1) is 10.9. The summed E-state index contributed by atoms with van der Waals surface area (Å²) in [6.45, 7) is 0. The minimum Gasteiger partial charge on any atom is -0.481 e. The van der Waals surface area contributed by atoms with Gasteiger partial charge >= 0.3 is 11.9 Å². The average molecular weight is 178 g/mol. The Bertz CT molecular complexity index is 177. The molecule has 0 aromatic rings. The quantitative estimate of drug-likeness (QED) is 0.414. The van der Waals surface area contributed by atoms with E-state index in [-0.39, 0.29) is 12.8 Å². The first-order chi connectivity index (χ1) is 5.45. The van der Waals surface area contributed by atoms with Gasteiger partial charge in [-0.05, 0) is 6.42 Å². The lowest BCUT2D eigenvalue weighted by molar-refractivity contribution is -0.154. The molecule has 4 N–H and O–H groups in total. The summed E-state index contributed by atoms with van der Waals surface area (Å²) in [6.07, 6.45) is -4.09. The number of hydrogen-bond acceptors (Lipinski definition) is 4. The Morgan fingerprint density at radius 2 is 1.67 bits per heavy atom. The van der Waals surface area contributed by atoms with E-state index in [0.29, 0.717) is 0 Å². The van der Waals surface area contributed by atoms with Crippen molar-refractivity contribution in [1.29, 1.82) is 0 Å². The Balaban J connectivity index is 3.79. The maximum atomic E-state index is 10.0. The fraction of sp³-hybridized carbons (Fsp3) is 0.667. The summed E-state index contributed by atoms with van der Waals surface area (Å²) >= 11 is 0. The maximum absolute atomic E-state index is 10.0. The smallest absolute Gasteiger partial charge is 0.335 e. The molecule has 12 heavy (non-hydrogen) atoms. The zero-order valence-electron chi connectivity index (χ0n) is 6.17. The van der Waals surface area contributed by atoms with Gasteiger partial charge in [-0.3, -0.25) is 4.79 Å². The molecule has 0 aliphatic heterocycles. The molecule has 0 aromatic carbocycles. The Morgan fingerprint density at radius 1 is 1.17 bits per heavy atom. The van der Waals surface area contributed by atoms with Crippen LogP contribution in [0.15, 0.2) is 0 Å². The summed E-state index contributed by atoms with van der Waals surface area (Å²) in [6, 6.07) is 0. The number of aliphatic carboxylic acids is 2. The third-order valence-electron chi connectivity index (χ3n) is 1.27. The van der Waals surface area contributed by atoms with E-state index >= 15 is 0 Å². The third kappa shape index (κ3) is 3.89. The molecule has 0 bridgehead atoms. The molecule has 0 radical (unpaired) electrons. The van der Waals surface area contributed by atoms with Gasteiger partial charge in [0.2, 0.25) is 0 Å². The zero-order chi connectivity index (χ0) is 9.72.